The number of carbonyl (C=O) groups is 2. The van der Waals surface area contributed by atoms with Crippen LogP contribution in [0.3, 0.4) is 0 Å². The molecule has 2 amide bonds. The van der Waals surface area contributed by atoms with Gasteiger partial charge in [0.2, 0.25) is 0 Å². The summed E-state index contributed by atoms with van der Waals surface area (Å²) in [5, 5.41) is 0. The first-order valence-electron chi connectivity index (χ1n) is 5.32. The molecule has 2 aliphatic rings. The van der Waals surface area contributed by atoms with E-state index < -0.39 is 0 Å². The summed E-state index contributed by atoms with van der Waals surface area (Å²) in [6, 6.07) is 0.176. The molecule has 14 heavy (non-hydrogen) atoms. The molecule has 0 aromatic heterocycles. The van der Waals surface area contributed by atoms with E-state index in [0.717, 1.165) is 25.7 Å². The topological polar surface area (TPSA) is 37.4 Å². The number of hydrogen-bond donors (Lipinski definition) is 0. The molecule has 1 heterocycles. The molecule has 0 aromatic carbocycles. The van der Waals surface area contributed by atoms with Crippen LogP contribution in [0.25, 0.3) is 0 Å². The molecule has 0 saturated heterocycles. The van der Waals surface area contributed by atoms with Crippen LogP contribution in [-0.2, 0) is 9.59 Å². The third-order valence-electron chi connectivity index (χ3n) is 3.10. The van der Waals surface area contributed by atoms with Gasteiger partial charge in [-0.25, -0.2) is 0 Å². The van der Waals surface area contributed by atoms with E-state index in [-0.39, 0.29) is 17.9 Å². The van der Waals surface area contributed by atoms with Crippen molar-refractivity contribution in [1.29, 1.82) is 0 Å². The molecule has 76 valence electrons. The fraction of sp³-hybridized carbons (Fsp3) is 0.636. The lowest BCUT2D eigenvalue weighted by Gasteiger charge is -2.21. The molecule has 0 aromatic rings. The molecule has 1 aliphatic carbocycles. The standard InChI is InChI=1S/C11H15NO2/c1-2-8-7-10(13)12(11(8)14)9-5-3-4-6-9/h7,9H,2-6H2,1H3. The van der Waals surface area contributed by atoms with E-state index in [1.165, 1.54) is 11.0 Å². The van der Waals surface area contributed by atoms with Crippen LogP contribution in [-0.4, -0.2) is 22.8 Å². The molecular formula is C11H15NO2. The minimum atomic E-state index is -0.0984. The third kappa shape index (κ3) is 1.37. The first kappa shape index (κ1) is 9.44. The van der Waals surface area contributed by atoms with E-state index in [1.807, 2.05) is 6.92 Å². The zero-order chi connectivity index (χ0) is 10.1. The summed E-state index contributed by atoms with van der Waals surface area (Å²) in [5.74, 6) is -0.150. The number of carbonyl (C=O) groups excluding carboxylic acids is 2. The Labute approximate surface area is 83.8 Å². The van der Waals surface area contributed by atoms with Gasteiger partial charge in [0, 0.05) is 17.7 Å². The van der Waals surface area contributed by atoms with Crippen LogP contribution >= 0.6 is 0 Å². The van der Waals surface area contributed by atoms with Crippen molar-refractivity contribution in [2.24, 2.45) is 0 Å². The van der Waals surface area contributed by atoms with Gasteiger partial charge < -0.3 is 0 Å². The molecule has 3 heteroatoms. The highest BCUT2D eigenvalue weighted by Crippen LogP contribution is 2.28. The highest BCUT2D eigenvalue weighted by Gasteiger charge is 2.36. The Morgan fingerprint density at radius 1 is 1.36 bits per heavy atom. The number of nitrogens with zero attached hydrogens (tertiary/aromatic N) is 1. The monoisotopic (exact) mass is 193 g/mol. The van der Waals surface area contributed by atoms with E-state index in [2.05, 4.69) is 0 Å². The molecule has 0 bridgehead atoms. The minimum Gasteiger partial charge on any atom is -0.272 e. The molecule has 0 unspecified atom stereocenters. The van der Waals surface area contributed by atoms with Crippen molar-refractivity contribution in [3.05, 3.63) is 11.6 Å². The molecule has 1 fully saturated rings. The SMILES string of the molecule is CCC1=CC(=O)N(C2CCCC2)C1=O. The Morgan fingerprint density at radius 3 is 2.50 bits per heavy atom. The minimum absolute atomic E-state index is 0.0515. The summed E-state index contributed by atoms with van der Waals surface area (Å²) in [6.07, 6.45) is 6.42. The first-order valence-corrected chi connectivity index (χ1v) is 5.32. The van der Waals surface area contributed by atoms with Crippen molar-refractivity contribution in [3.8, 4) is 0 Å². The van der Waals surface area contributed by atoms with E-state index in [1.54, 1.807) is 0 Å². The van der Waals surface area contributed by atoms with Gasteiger partial charge in [-0.3, -0.25) is 14.5 Å². The van der Waals surface area contributed by atoms with Gasteiger partial charge in [0.1, 0.15) is 0 Å². The Morgan fingerprint density at radius 2 is 2.00 bits per heavy atom. The van der Waals surface area contributed by atoms with E-state index >= 15 is 0 Å². The van der Waals surface area contributed by atoms with Crippen LogP contribution in [0, 0.1) is 0 Å². The normalized spacial score (nSPS) is 23.5. The second-order valence-electron chi connectivity index (χ2n) is 3.97. The zero-order valence-electron chi connectivity index (χ0n) is 8.45. The van der Waals surface area contributed by atoms with Crippen LogP contribution in [0.2, 0.25) is 0 Å². The molecule has 3 nitrogen and oxygen atoms in total. The number of rotatable bonds is 2. The van der Waals surface area contributed by atoms with Crippen LogP contribution in [0.5, 0.6) is 0 Å². The summed E-state index contributed by atoms with van der Waals surface area (Å²) in [7, 11) is 0. The van der Waals surface area contributed by atoms with Crippen molar-refractivity contribution in [2.45, 2.75) is 45.1 Å². The maximum atomic E-state index is 11.8. The fourth-order valence-electron chi connectivity index (χ4n) is 2.30. The fourth-order valence-corrected chi connectivity index (χ4v) is 2.30. The van der Waals surface area contributed by atoms with Crippen molar-refractivity contribution < 1.29 is 9.59 Å². The second-order valence-corrected chi connectivity index (χ2v) is 3.97. The highest BCUT2D eigenvalue weighted by molar-refractivity contribution is 6.16. The highest BCUT2D eigenvalue weighted by atomic mass is 16.2. The third-order valence-corrected chi connectivity index (χ3v) is 3.10. The summed E-state index contributed by atoms with van der Waals surface area (Å²) in [4.78, 5) is 24.8. The van der Waals surface area contributed by atoms with Gasteiger partial charge in [0.25, 0.3) is 11.8 Å². The quantitative estimate of drug-likeness (QED) is 0.625. The average molecular weight is 193 g/mol. The van der Waals surface area contributed by atoms with Crippen LogP contribution in [0.4, 0.5) is 0 Å². The molecule has 0 radical (unpaired) electrons. The number of hydrogen-bond acceptors (Lipinski definition) is 2. The van der Waals surface area contributed by atoms with Gasteiger partial charge >= 0.3 is 0 Å². The van der Waals surface area contributed by atoms with Gasteiger partial charge in [-0.1, -0.05) is 19.8 Å². The van der Waals surface area contributed by atoms with Gasteiger partial charge in [0.05, 0.1) is 0 Å². The molecule has 1 saturated carbocycles. The van der Waals surface area contributed by atoms with Crippen molar-refractivity contribution in [1.82, 2.24) is 4.90 Å². The van der Waals surface area contributed by atoms with Crippen LogP contribution < -0.4 is 0 Å². The smallest absolute Gasteiger partial charge is 0.257 e. The lowest BCUT2D eigenvalue weighted by atomic mass is 10.2. The summed E-state index contributed by atoms with van der Waals surface area (Å²) in [6.45, 7) is 1.91. The van der Waals surface area contributed by atoms with Crippen molar-refractivity contribution >= 4 is 11.8 Å². The molecule has 0 atom stereocenters. The lowest BCUT2D eigenvalue weighted by Crippen LogP contribution is -2.39. The first-order chi connectivity index (χ1) is 6.74. The maximum absolute atomic E-state index is 11.8. The lowest BCUT2D eigenvalue weighted by molar-refractivity contribution is -0.139. The number of imide groups is 1. The Hall–Kier alpha value is -1.12. The average Bonchev–Trinajstić information content (AvgIpc) is 2.74. The van der Waals surface area contributed by atoms with Crippen LogP contribution in [0.1, 0.15) is 39.0 Å². The summed E-state index contributed by atoms with van der Waals surface area (Å²) in [5.41, 5.74) is 0.668. The Bertz CT molecular complexity index is 300. The van der Waals surface area contributed by atoms with Crippen LogP contribution in [0.15, 0.2) is 11.6 Å². The summed E-state index contributed by atoms with van der Waals surface area (Å²) >= 11 is 0. The van der Waals surface area contributed by atoms with Crippen molar-refractivity contribution in [3.63, 3.8) is 0 Å². The van der Waals surface area contributed by atoms with Gasteiger partial charge in [-0.05, 0) is 19.3 Å². The Balaban J connectivity index is 2.15. The van der Waals surface area contributed by atoms with Crippen molar-refractivity contribution in [2.75, 3.05) is 0 Å². The molecule has 0 spiro atoms. The molecular weight excluding hydrogens is 178 g/mol. The predicted molar refractivity (Wildman–Crippen MR) is 52.5 cm³/mol. The molecule has 1 aliphatic heterocycles. The molecule has 2 rings (SSSR count). The summed E-state index contributed by atoms with van der Waals surface area (Å²) < 4.78 is 0. The maximum Gasteiger partial charge on any atom is 0.257 e. The zero-order valence-corrected chi connectivity index (χ0v) is 8.45. The van der Waals surface area contributed by atoms with Gasteiger partial charge in [-0.15, -0.1) is 0 Å². The van der Waals surface area contributed by atoms with E-state index in [9.17, 15) is 9.59 Å². The van der Waals surface area contributed by atoms with Gasteiger partial charge in [0.15, 0.2) is 0 Å². The Kier molecular flexibility index (Phi) is 2.40. The second kappa shape index (κ2) is 3.56. The van der Waals surface area contributed by atoms with E-state index in [4.69, 9.17) is 0 Å². The number of amides is 2. The largest absolute Gasteiger partial charge is 0.272 e. The van der Waals surface area contributed by atoms with E-state index in [0.29, 0.717) is 12.0 Å². The van der Waals surface area contributed by atoms with Gasteiger partial charge in [-0.2, -0.15) is 0 Å². The predicted octanol–water partition coefficient (Wildman–Crippen LogP) is 1.63. The molecule has 0 N–H and O–H groups in total.